The maximum absolute atomic E-state index is 12.5. The third kappa shape index (κ3) is 25.4. The molecule has 0 aliphatic heterocycles. The molecule has 0 unspecified atom stereocenters. The molecule has 294 valence electrons. The number of carbonyl (C=O) groups excluding carboxylic acids is 2. The van der Waals surface area contributed by atoms with Crippen molar-refractivity contribution in [3.8, 4) is 11.1 Å². The molecule has 0 fully saturated rings. The Labute approximate surface area is 321 Å². The molecule has 0 aromatic heterocycles. The minimum atomic E-state index is 0.104. The fourth-order valence-electron chi connectivity index (χ4n) is 7.25. The topological polar surface area (TPSA) is 58.2 Å². The van der Waals surface area contributed by atoms with Crippen LogP contribution in [-0.4, -0.2) is 11.8 Å². The normalized spacial score (nSPS) is 11.2. The van der Waals surface area contributed by atoms with Gasteiger partial charge in [-0.15, -0.1) is 0 Å². The lowest BCUT2D eigenvalue weighted by Crippen LogP contribution is -2.11. The van der Waals surface area contributed by atoms with Crippen LogP contribution in [0, 0.1) is 0 Å². The largest absolute Gasteiger partial charge is 0.326 e. The van der Waals surface area contributed by atoms with Gasteiger partial charge in [-0.1, -0.05) is 218 Å². The first-order valence-electron chi connectivity index (χ1n) is 22.4. The molecule has 52 heavy (non-hydrogen) atoms. The molecule has 0 atom stereocenters. The number of hydrogen-bond acceptors (Lipinski definition) is 2. The van der Waals surface area contributed by atoms with E-state index in [1.54, 1.807) is 0 Å². The molecule has 4 nitrogen and oxygen atoms in total. The van der Waals surface area contributed by atoms with E-state index < -0.39 is 0 Å². The third-order valence-electron chi connectivity index (χ3n) is 10.7. The predicted molar refractivity (Wildman–Crippen MR) is 228 cm³/mol. The fraction of sp³-hybridized carbons (Fsp3) is 0.708. The zero-order valence-corrected chi connectivity index (χ0v) is 34.1. The van der Waals surface area contributed by atoms with Crippen molar-refractivity contribution < 1.29 is 9.59 Å². The quantitative estimate of drug-likeness (QED) is 0.0698. The smallest absolute Gasteiger partial charge is 0.224 e. The Kier molecular flexibility index (Phi) is 28.9. The standard InChI is InChI=1S/C48H80N2O2/c1-3-5-7-9-11-13-15-17-19-21-23-25-27-29-31-33-47(51)49-45-39-35-43(36-40-45)44-37-41-46(42-38-44)50-48(52)34-32-30-28-26-24-22-20-18-16-14-12-10-8-6-4-2/h35-42H,3-34H2,1-2H3,(H,49,51)(H,50,52). The van der Waals surface area contributed by atoms with Gasteiger partial charge in [0.15, 0.2) is 0 Å². The van der Waals surface area contributed by atoms with Crippen LogP contribution in [0.25, 0.3) is 11.1 Å². The zero-order valence-electron chi connectivity index (χ0n) is 34.1. The Balaban J connectivity index is 1.45. The first kappa shape index (κ1) is 45.5. The average Bonchev–Trinajstić information content (AvgIpc) is 3.15. The van der Waals surface area contributed by atoms with Crippen LogP contribution in [0.5, 0.6) is 0 Å². The minimum Gasteiger partial charge on any atom is -0.326 e. The van der Waals surface area contributed by atoms with Crippen molar-refractivity contribution in [2.24, 2.45) is 0 Å². The second kappa shape index (κ2) is 33.0. The summed E-state index contributed by atoms with van der Waals surface area (Å²) >= 11 is 0. The Morgan fingerprint density at radius 1 is 0.327 bits per heavy atom. The van der Waals surface area contributed by atoms with Crippen LogP contribution in [0.3, 0.4) is 0 Å². The predicted octanol–water partition coefficient (Wildman–Crippen LogP) is 15.8. The van der Waals surface area contributed by atoms with Gasteiger partial charge in [-0.25, -0.2) is 0 Å². The van der Waals surface area contributed by atoms with Gasteiger partial charge < -0.3 is 10.6 Å². The summed E-state index contributed by atoms with van der Waals surface area (Å²) in [6.45, 7) is 4.56. The summed E-state index contributed by atoms with van der Waals surface area (Å²) in [5.41, 5.74) is 3.88. The van der Waals surface area contributed by atoms with Crippen LogP contribution in [-0.2, 0) is 9.59 Å². The van der Waals surface area contributed by atoms with E-state index in [0.29, 0.717) is 12.8 Å². The maximum Gasteiger partial charge on any atom is 0.224 e. The number of unbranched alkanes of at least 4 members (excludes halogenated alkanes) is 28. The van der Waals surface area contributed by atoms with Crippen molar-refractivity contribution in [3.05, 3.63) is 48.5 Å². The Hall–Kier alpha value is -2.62. The van der Waals surface area contributed by atoms with E-state index in [9.17, 15) is 9.59 Å². The van der Waals surface area contributed by atoms with Gasteiger partial charge in [0, 0.05) is 24.2 Å². The number of rotatable bonds is 35. The van der Waals surface area contributed by atoms with Gasteiger partial charge in [0.25, 0.3) is 0 Å². The molecule has 2 N–H and O–H groups in total. The van der Waals surface area contributed by atoms with Crippen molar-refractivity contribution >= 4 is 23.2 Å². The van der Waals surface area contributed by atoms with E-state index in [0.717, 1.165) is 48.2 Å². The molecular weight excluding hydrogens is 637 g/mol. The fourth-order valence-corrected chi connectivity index (χ4v) is 7.25. The van der Waals surface area contributed by atoms with E-state index in [1.165, 1.54) is 167 Å². The monoisotopic (exact) mass is 717 g/mol. The summed E-state index contributed by atoms with van der Waals surface area (Å²) in [6, 6.07) is 16.1. The minimum absolute atomic E-state index is 0.104. The van der Waals surface area contributed by atoms with Crippen LogP contribution in [0.15, 0.2) is 48.5 Å². The second-order valence-electron chi connectivity index (χ2n) is 15.7. The Bertz CT molecular complexity index is 1020. The van der Waals surface area contributed by atoms with Gasteiger partial charge in [0.05, 0.1) is 0 Å². The molecule has 0 spiro atoms. The molecule has 0 saturated carbocycles. The van der Waals surface area contributed by atoms with Gasteiger partial charge in [0.2, 0.25) is 11.8 Å². The van der Waals surface area contributed by atoms with Crippen LogP contribution in [0.1, 0.15) is 219 Å². The van der Waals surface area contributed by atoms with Gasteiger partial charge in [0.1, 0.15) is 0 Å². The molecule has 0 heterocycles. The summed E-state index contributed by atoms with van der Waals surface area (Å²) in [5.74, 6) is 0.207. The SMILES string of the molecule is CCCCCCCCCCCCCCCCCC(=O)Nc1ccc(-c2ccc(NC(=O)CCCCCCCCCCCCCCCCC)cc2)cc1. The van der Waals surface area contributed by atoms with E-state index in [-0.39, 0.29) is 11.8 Å². The van der Waals surface area contributed by atoms with Crippen molar-refractivity contribution in [2.75, 3.05) is 10.6 Å². The zero-order chi connectivity index (χ0) is 37.2. The summed E-state index contributed by atoms with van der Waals surface area (Å²) in [6.07, 6.45) is 41.2. The maximum atomic E-state index is 12.5. The summed E-state index contributed by atoms with van der Waals surface area (Å²) < 4.78 is 0. The molecule has 2 aromatic carbocycles. The highest BCUT2D eigenvalue weighted by molar-refractivity contribution is 5.91. The second-order valence-corrected chi connectivity index (χ2v) is 15.7. The number of hydrogen-bond donors (Lipinski definition) is 2. The average molecular weight is 717 g/mol. The van der Waals surface area contributed by atoms with E-state index in [1.807, 2.05) is 48.5 Å². The van der Waals surface area contributed by atoms with E-state index >= 15 is 0 Å². The van der Waals surface area contributed by atoms with Crippen LogP contribution >= 0.6 is 0 Å². The molecule has 0 bridgehead atoms. The number of benzene rings is 2. The molecular formula is C48H80N2O2. The van der Waals surface area contributed by atoms with Gasteiger partial charge in [-0.05, 0) is 48.2 Å². The van der Waals surface area contributed by atoms with E-state index in [4.69, 9.17) is 0 Å². The molecule has 4 heteroatoms. The summed E-state index contributed by atoms with van der Waals surface area (Å²) in [7, 11) is 0. The van der Waals surface area contributed by atoms with Crippen LogP contribution in [0.2, 0.25) is 0 Å². The molecule has 0 aliphatic rings. The third-order valence-corrected chi connectivity index (χ3v) is 10.7. The first-order valence-corrected chi connectivity index (χ1v) is 22.4. The summed E-state index contributed by atoms with van der Waals surface area (Å²) in [5, 5.41) is 6.12. The highest BCUT2D eigenvalue weighted by Crippen LogP contribution is 2.24. The van der Waals surface area contributed by atoms with Crippen LogP contribution < -0.4 is 10.6 Å². The number of carbonyl (C=O) groups is 2. The highest BCUT2D eigenvalue weighted by Gasteiger charge is 2.06. The molecule has 0 radical (unpaired) electrons. The summed E-state index contributed by atoms with van der Waals surface area (Å²) in [4.78, 5) is 25.0. The molecule has 2 aromatic rings. The van der Waals surface area contributed by atoms with Crippen molar-refractivity contribution in [3.63, 3.8) is 0 Å². The molecule has 2 rings (SSSR count). The van der Waals surface area contributed by atoms with Gasteiger partial charge in [-0.2, -0.15) is 0 Å². The lowest BCUT2D eigenvalue weighted by Gasteiger charge is -2.09. The van der Waals surface area contributed by atoms with Gasteiger partial charge in [-0.3, -0.25) is 9.59 Å². The highest BCUT2D eigenvalue weighted by atomic mass is 16.2. The molecule has 2 amide bonds. The van der Waals surface area contributed by atoms with Crippen LogP contribution in [0.4, 0.5) is 11.4 Å². The van der Waals surface area contributed by atoms with E-state index in [2.05, 4.69) is 24.5 Å². The number of nitrogens with one attached hydrogen (secondary N) is 2. The van der Waals surface area contributed by atoms with Gasteiger partial charge >= 0.3 is 0 Å². The van der Waals surface area contributed by atoms with Crippen molar-refractivity contribution in [2.45, 2.75) is 219 Å². The molecule has 0 aliphatic carbocycles. The Morgan fingerprint density at radius 2 is 0.538 bits per heavy atom. The number of anilines is 2. The lowest BCUT2D eigenvalue weighted by molar-refractivity contribution is -0.117. The van der Waals surface area contributed by atoms with Crippen molar-refractivity contribution in [1.29, 1.82) is 0 Å². The number of amides is 2. The first-order chi connectivity index (χ1) is 25.6. The Morgan fingerprint density at radius 3 is 0.769 bits per heavy atom. The lowest BCUT2D eigenvalue weighted by atomic mass is 10.0. The molecule has 0 saturated heterocycles. The van der Waals surface area contributed by atoms with Crippen molar-refractivity contribution in [1.82, 2.24) is 0 Å².